The summed E-state index contributed by atoms with van der Waals surface area (Å²) in [6.45, 7) is 3.62. The Balaban J connectivity index is 3.09. The molecule has 0 N–H and O–H groups in total. The highest BCUT2D eigenvalue weighted by Crippen LogP contribution is 2.16. The minimum absolute atomic E-state index is 0.296. The van der Waals surface area contributed by atoms with Crippen LogP contribution in [0.3, 0.4) is 0 Å². The highest BCUT2D eigenvalue weighted by molar-refractivity contribution is 7.92. The predicted molar refractivity (Wildman–Crippen MR) is 53.4 cm³/mol. The van der Waals surface area contributed by atoms with Crippen LogP contribution in [0.2, 0.25) is 0 Å². The standard InChI is InChI=1S/C10H14O2S/c1-3-9(2)13(11,12)10-7-5-4-6-8-10/h4-9H,3H2,1-2H3. The Morgan fingerprint density at radius 3 is 2.23 bits per heavy atom. The summed E-state index contributed by atoms with van der Waals surface area (Å²) in [6.07, 6.45) is 0.650. The van der Waals surface area contributed by atoms with Crippen LogP contribution in [-0.4, -0.2) is 13.7 Å². The van der Waals surface area contributed by atoms with E-state index in [1.54, 1.807) is 31.2 Å². The van der Waals surface area contributed by atoms with Gasteiger partial charge in [-0.25, -0.2) is 8.42 Å². The van der Waals surface area contributed by atoms with E-state index in [2.05, 4.69) is 0 Å². The minimum atomic E-state index is -3.09. The van der Waals surface area contributed by atoms with Crippen LogP contribution in [0.15, 0.2) is 35.2 Å². The molecule has 1 unspecified atom stereocenters. The zero-order chi connectivity index (χ0) is 9.90. The SMILES string of the molecule is CCC(C)S(=O)(=O)c1ccccc1. The lowest BCUT2D eigenvalue weighted by atomic mass is 10.4. The fraction of sp³-hybridized carbons (Fsp3) is 0.400. The monoisotopic (exact) mass is 198 g/mol. The van der Waals surface area contributed by atoms with Crippen molar-refractivity contribution in [3.05, 3.63) is 30.3 Å². The van der Waals surface area contributed by atoms with E-state index in [-0.39, 0.29) is 5.25 Å². The van der Waals surface area contributed by atoms with Crippen LogP contribution in [0, 0.1) is 0 Å². The molecule has 3 heteroatoms. The molecule has 0 amide bonds. The fourth-order valence-corrected chi connectivity index (χ4v) is 2.50. The van der Waals surface area contributed by atoms with Crippen LogP contribution in [-0.2, 0) is 9.84 Å². The predicted octanol–water partition coefficient (Wildman–Crippen LogP) is 2.26. The van der Waals surface area contributed by atoms with Crippen LogP contribution in [0.1, 0.15) is 20.3 Å². The van der Waals surface area contributed by atoms with Crippen LogP contribution in [0.5, 0.6) is 0 Å². The second-order valence-corrected chi connectivity index (χ2v) is 5.44. The van der Waals surface area contributed by atoms with Crippen molar-refractivity contribution in [3.8, 4) is 0 Å². The third kappa shape index (κ3) is 2.10. The van der Waals surface area contributed by atoms with E-state index in [1.165, 1.54) is 0 Å². The Bertz CT molecular complexity index is 354. The summed E-state index contributed by atoms with van der Waals surface area (Å²) < 4.78 is 23.5. The molecule has 0 spiro atoms. The molecule has 0 heterocycles. The number of hydrogen-bond acceptors (Lipinski definition) is 2. The average Bonchev–Trinajstić information content (AvgIpc) is 2.18. The van der Waals surface area contributed by atoms with Gasteiger partial charge in [0.2, 0.25) is 0 Å². The van der Waals surface area contributed by atoms with Gasteiger partial charge in [0.05, 0.1) is 10.1 Å². The van der Waals surface area contributed by atoms with Gasteiger partial charge in [0.15, 0.2) is 9.84 Å². The summed E-state index contributed by atoms with van der Waals surface area (Å²) >= 11 is 0. The van der Waals surface area contributed by atoms with Gasteiger partial charge < -0.3 is 0 Å². The van der Waals surface area contributed by atoms with Gasteiger partial charge in [-0.05, 0) is 25.5 Å². The molecule has 72 valence electrons. The Kier molecular flexibility index (Phi) is 3.09. The third-order valence-electron chi connectivity index (χ3n) is 2.18. The van der Waals surface area contributed by atoms with Gasteiger partial charge in [-0.15, -0.1) is 0 Å². The topological polar surface area (TPSA) is 34.1 Å². The second-order valence-electron chi connectivity index (χ2n) is 3.08. The van der Waals surface area contributed by atoms with Gasteiger partial charge in [0.1, 0.15) is 0 Å². The molecule has 0 aliphatic carbocycles. The van der Waals surface area contributed by atoms with Crippen molar-refractivity contribution in [1.82, 2.24) is 0 Å². The Morgan fingerprint density at radius 1 is 1.23 bits per heavy atom. The first-order chi connectivity index (χ1) is 6.09. The molecule has 2 nitrogen and oxygen atoms in total. The molecule has 1 aromatic carbocycles. The largest absolute Gasteiger partial charge is 0.223 e. The zero-order valence-corrected chi connectivity index (χ0v) is 8.71. The minimum Gasteiger partial charge on any atom is -0.223 e. The Morgan fingerprint density at radius 2 is 1.77 bits per heavy atom. The molecule has 0 fully saturated rings. The molecule has 1 rings (SSSR count). The molecule has 0 bridgehead atoms. The number of rotatable bonds is 3. The lowest BCUT2D eigenvalue weighted by Crippen LogP contribution is -2.16. The number of sulfone groups is 1. The van der Waals surface area contributed by atoms with Gasteiger partial charge in [-0.2, -0.15) is 0 Å². The molecule has 13 heavy (non-hydrogen) atoms. The molecule has 0 aliphatic rings. The number of hydrogen-bond donors (Lipinski definition) is 0. The molecular formula is C10H14O2S. The van der Waals surface area contributed by atoms with Crippen LogP contribution >= 0.6 is 0 Å². The summed E-state index contributed by atoms with van der Waals surface area (Å²) in [7, 11) is -3.09. The van der Waals surface area contributed by atoms with Gasteiger partial charge in [0, 0.05) is 0 Å². The van der Waals surface area contributed by atoms with Crippen molar-refractivity contribution >= 4 is 9.84 Å². The van der Waals surface area contributed by atoms with Crippen molar-refractivity contribution < 1.29 is 8.42 Å². The van der Waals surface area contributed by atoms with Crippen molar-refractivity contribution in [1.29, 1.82) is 0 Å². The van der Waals surface area contributed by atoms with Gasteiger partial charge in [-0.1, -0.05) is 25.1 Å². The lowest BCUT2D eigenvalue weighted by molar-refractivity contribution is 0.581. The van der Waals surface area contributed by atoms with Crippen LogP contribution in [0.4, 0.5) is 0 Å². The Hall–Kier alpha value is -0.830. The maximum absolute atomic E-state index is 11.8. The Labute approximate surface area is 79.5 Å². The zero-order valence-electron chi connectivity index (χ0n) is 7.90. The third-order valence-corrected chi connectivity index (χ3v) is 4.50. The van der Waals surface area contributed by atoms with Crippen LogP contribution in [0.25, 0.3) is 0 Å². The summed E-state index contributed by atoms with van der Waals surface area (Å²) in [5, 5.41) is -0.296. The second kappa shape index (κ2) is 3.92. The summed E-state index contributed by atoms with van der Waals surface area (Å²) in [6, 6.07) is 8.59. The molecule has 0 radical (unpaired) electrons. The van der Waals surface area contributed by atoms with E-state index in [0.717, 1.165) is 0 Å². The van der Waals surface area contributed by atoms with E-state index in [4.69, 9.17) is 0 Å². The summed E-state index contributed by atoms with van der Waals surface area (Å²) in [5.41, 5.74) is 0. The van der Waals surface area contributed by atoms with Crippen molar-refractivity contribution in [2.24, 2.45) is 0 Å². The van der Waals surface area contributed by atoms with E-state index in [0.29, 0.717) is 11.3 Å². The molecule has 0 aliphatic heterocycles. The fourth-order valence-electron chi connectivity index (χ4n) is 1.06. The van der Waals surface area contributed by atoms with Gasteiger partial charge >= 0.3 is 0 Å². The molecule has 0 aromatic heterocycles. The molecular weight excluding hydrogens is 184 g/mol. The highest BCUT2D eigenvalue weighted by atomic mass is 32.2. The molecule has 0 saturated carbocycles. The average molecular weight is 198 g/mol. The van der Waals surface area contributed by atoms with Gasteiger partial charge in [-0.3, -0.25) is 0 Å². The first-order valence-electron chi connectivity index (χ1n) is 4.38. The van der Waals surface area contributed by atoms with Crippen molar-refractivity contribution in [3.63, 3.8) is 0 Å². The molecule has 1 atom stereocenters. The maximum atomic E-state index is 11.8. The van der Waals surface area contributed by atoms with Gasteiger partial charge in [0.25, 0.3) is 0 Å². The van der Waals surface area contributed by atoms with E-state index < -0.39 is 9.84 Å². The lowest BCUT2D eigenvalue weighted by Gasteiger charge is -2.09. The van der Waals surface area contributed by atoms with E-state index >= 15 is 0 Å². The van der Waals surface area contributed by atoms with Crippen molar-refractivity contribution in [2.75, 3.05) is 0 Å². The normalized spacial score (nSPS) is 14.0. The number of benzene rings is 1. The van der Waals surface area contributed by atoms with E-state index in [1.807, 2.05) is 13.0 Å². The quantitative estimate of drug-likeness (QED) is 0.746. The summed E-state index contributed by atoms with van der Waals surface area (Å²) in [4.78, 5) is 0.421. The summed E-state index contributed by atoms with van der Waals surface area (Å²) in [5.74, 6) is 0. The molecule has 1 aromatic rings. The van der Waals surface area contributed by atoms with Crippen molar-refractivity contribution in [2.45, 2.75) is 30.4 Å². The van der Waals surface area contributed by atoms with Crippen LogP contribution < -0.4 is 0 Å². The maximum Gasteiger partial charge on any atom is 0.180 e. The molecule has 0 saturated heterocycles. The first kappa shape index (κ1) is 10.3. The van der Waals surface area contributed by atoms with E-state index in [9.17, 15) is 8.42 Å². The first-order valence-corrected chi connectivity index (χ1v) is 5.92. The highest BCUT2D eigenvalue weighted by Gasteiger charge is 2.20. The smallest absolute Gasteiger partial charge is 0.180 e.